The number of fused-ring (bicyclic) bond motifs is 1. The summed E-state index contributed by atoms with van der Waals surface area (Å²) in [7, 11) is 0. The Kier molecular flexibility index (Phi) is 3.65. The number of aromatic nitrogens is 6. The van der Waals surface area contributed by atoms with Crippen LogP contribution in [0.4, 0.5) is 11.6 Å². The van der Waals surface area contributed by atoms with Crippen molar-refractivity contribution in [2.45, 2.75) is 6.04 Å². The maximum atomic E-state index is 13.0. The molecule has 0 fully saturated rings. The van der Waals surface area contributed by atoms with Crippen LogP contribution in [-0.2, 0) is 4.79 Å². The first-order valence-corrected chi connectivity index (χ1v) is 7.71. The number of nitrogens with zero attached hydrogens (tertiary/aromatic N) is 4. The molecule has 0 saturated heterocycles. The predicted octanol–water partition coefficient (Wildman–Crippen LogP) is 0.0848. The van der Waals surface area contributed by atoms with E-state index in [1.54, 1.807) is 29.3 Å². The SMILES string of the molecule is C=C1Nc2nnnn2C(c2cccc[nH+]2)C1C(=O)Nc1ccc[nH+]c1. The second-order valence-electron chi connectivity index (χ2n) is 5.62. The van der Waals surface area contributed by atoms with Crippen molar-refractivity contribution in [1.29, 1.82) is 0 Å². The Morgan fingerprint density at radius 2 is 2.20 bits per heavy atom. The summed E-state index contributed by atoms with van der Waals surface area (Å²) in [6, 6.07) is 8.83. The normalized spacial score (nSPS) is 19.0. The number of H-pyrrole nitrogens is 2. The van der Waals surface area contributed by atoms with Gasteiger partial charge in [-0.3, -0.25) is 4.79 Å². The van der Waals surface area contributed by atoms with Gasteiger partial charge in [-0.1, -0.05) is 17.7 Å². The fraction of sp³-hybridized carbons (Fsp3) is 0.125. The van der Waals surface area contributed by atoms with Gasteiger partial charge in [0.05, 0.1) is 0 Å². The van der Waals surface area contributed by atoms with Crippen molar-refractivity contribution in [3.8, 4) is 0 Å². The molecule has 3 aromatic rings. The van der Waals surface area contributed by atoms with Gasteiger partial charge >= 0.3 is 0 Å². The van der Waals surface area contributed by atoms with E-state index in [2.05, 4.69) is 42.7 Å². The molecular weight excluding hydrogens is 320 g/mol. The molecule has 1 aliphatic heterocycles. The minimum atomic E-state index is -0.602. The maximum Gasteiger partial charge on any atom is 0.247 e. The van der Waals surface area contributed by atoms with Crippen LogP contribution in [0.2, 0.25) is 0 Å². The quantitative estimate of drug-likeness (QED) is 0.703. The smallest absolute Gasteiger partial charge is 0.247 e. The molecule has 4 N–H and O–H groups in total. The number of tetrazole rings is 1. The molecule has 2 atom stereocenters. The second kappa shape index (κ2) is 6.11. The average molecular weight is 336 g/mol. The van der Waals surface area contributed by atoms with Crippen LogP contribution in [0.1, 0.15) is 11.7 Å². The molecule has 9 nitrogen and oxygen atoms in total. The number of anilines is 2. The van der Waals surface area contributed by atoms with Gasteiger partial charge in [0.1, 0.15) is 11.6 Å². The molecular formula is C16H16N8O+2. The van der Waals surface area contributed by atoms with Gasteiger partial charge in [0.25, 0.3) is 0 Å². The van der Waals surface area contributed by atoms with Gasteiger partial charge in [-0.15, -0.1) is 0 Å². The molecule has 0 spiro atoms. The number of hydrogen-bond acceptors (Lipinski definition) is 5. The van der Waals surface area contributed by atoms with Crippen molar-refractivity contribution in [3.05, 3.63) is 66.9 Å². The molecule has 0 bridgehead atoms. The average Bonchev–Trinajstić information content (AvgIpc) is 3.10. The van der Waals surface area contributed by atoms with E-state index in [-0.39, 0.29) is 5.91 Å². The van der Waals surface area contributed by atoms with Crippen LogP contribution in [0.3, 0.4) is 0 Å². The van der Waals surface area contributed by atoms with Gasteiger partial charge in [-0.25, -0.2) is 9.97 Å². The maximum absolute atomic E-state index is 13.0. The Balaban J connectivity index is 1.74. The van der Waals surface area contributed by atoms with Crippen LogP contribution >= 0.6 is 0 Å². The zero-order valence-electron chi connectivity index (χ0n) is 13.2. The highest BCUT2D eigenvalue weighted by Crippen LogP contribution is 2.35. The van der Waals surface area contributed by atoms with Crippen LogP contribution in [0.15, 0.2) is 61.2 Å². The topological polar surface area (TPSA) is 113 Å². The van der Waals surface area contributed by atoms with Gasteiger partial charge in [-0.2, -0.15) is 4.68 Å². The minimum Gasteiger partial charge on any atom is -0.326 e. The molecule has 25 heavy (non-hydrogen) atoms. The van der Waals surface area contributed by atoms with Gasteiger partial charge in [0.15, 0.2) is 24.6 Å². The number of rotatable bonds is 3. The third kappa shape index (κ3) is 2.71. The molecule has 0 aliphatic carbocycles. The summed E-state index contributed by atoms with van der Waals surface area (Å²) in [6.07, 6.45) is 5.28. The number of carbonyl (C=O) groups is 1. The number of amides is 1. The van der Waals surface area contributed by atoms with E-state index in [0.717, 1.165) is 5.69 Å². The fourth-order valence-electron chi connectivity index (χ4n) is 2.91. The summed E-state index contributed by atoms with van der Waals surface area (Å²) in [5.74, 6) is -0.361. The Labute approximate surface area is 142 Å². The van der Waals surface area contributed by atoms with Crippen molar-refractivity contribution >= 4 is 17.5 Å². The van der Waals surface area contributed by atoms with Gasteiger partial charge in [-0.05, 0) is 16.5 Å². The highest BCUT2D eigenvalue weighted by Gasteiger charge is 2.43. The molecule has 0 saturated carbocycles. The van der Waals surface area contributed by atoms with Crippen molar-refractivity contribution in [1.82, 2.24) is 20.2 Å². The first-order valence-electron chi connectivity index (χ1n) is 7.71. The van der Waals surface area contributed by atoms with Gasteiger partial charge < -0.3 is 10.6 Å². The summed E-state index contributed by atoms with van der Waals surface area (Å²) in [5, 5.41) is 17.6. The number of aromatic amines is 2. The summed E-state index contributed by atoms with van der Waals surface area (Å²) in [5.41, 5.74) is 2.00. The largest absolute Gasteiger partial charge is 0.326 e. The van der Waals surface area contributed by atoms with E-state index < -0.39 is 12.0 Å². The van der Waals surface area contributed by atoms with E-state index in [4.69, 9.17) is 0 Å². The summed E-state index contributed by atoms with van der Waals surface area (Å²) < 4.78 is 1.59. The van der Waals surface area contributed by atoms with E-state index in [9.17, 15) is 4.79 Å². The minimum absolute atomic E-state index is 0.208. The predicted molar refractivity (Wildman–Crippen MR) is 86.8 cm³/mol. The zero-order valence-corrected chi connectivity index (χ0v) is 13.2. The van der Waals surface area contributed by atoms with E-state index >= 15 is 0 Å². The Bertz CT molecular complexity index is 908. The second-order valence-corrected chi connectivity index (χ2v) is 5.62. The summed E-state index contributed by atoms with van der Waals surface area (Å²) >= 11 is 0. The fourth-order valence-corrected chi connectivity index (χ4v) is 2.91. The zero-order chi connectivity index (χ0) is 17.2. The van der Waals surface area contributed by atoms with Crippen LogP contribution in [-0.4, -0.2) is 26.1 Å². The number of hydrogen-bond donors (Lipinski definition) is 2. The molecule has 4 heterocycles. The molecule has 3 aromatic heterocycles. The molecule has 2 unspecified atom stereocenters. The molecule has 0 radical (unpaired) electrons. The van der Waals surface area contributed by atoms with E-state index in [1.807, 2.05) is 24.3 Å². The summed E-state index contributed by atoms with van der Waals surface area (Å²) in [6.45, 7) is 4.01. The number of carbonyl (C=O) groups excluding carboxylic acids is 1. The monoisotopic (exact) mass is 336 g/mol. The molecule has 1 amide bonds. The van der Waals surface area contributed by atoms with Crippen LogP contribution in [0.5, 0.6) is 0 Å². The molecule has 1 aliphatic rings. The lowest BCUT2D eigenvalue weighted by molar-refractivity contribution is -0.394. The lowest BCUT2D eigenvalue weighted by Gasteiger charge is -2.30. The third-order valence-corrected chi connectivity index (χ3v) is 4.03. The Hall–Kier alpha value is -3.62. The van der Waals surface area contributed by atoms with E-state index in [1.165, 1.54) is 0 Å². The standard InChI is InChI=1S/C16H14N8O/c1-10-13(15(25)20-11-5-4-7-17-9-11)14(12-6-2-3-8-18-12)24-16(19-10)21-22-23-24/h2-9,13-14H,1H2,(H,20,25)(H,19,21,23)/p+2. The Morgan fingerprint density at radius 1 is 1.28 bits per heavy atom. The molecule has 0 aromatic carbocycles. The van der Waals surface area contributed by atoms with Crippen molar-refractivity contribution in [2.24, 2.45) is 5.92 Å². The van der Waals surface area contributed by atoms with Crippen LogP contribution in [0, 0.1) is 5.92 Å². The highest BCUT2D eigenvalue weighted by atomic mass is 16.2. The van der Waals surface area contributed by atoms with E-state index in [0.29, 0.717) is 17.3 Å². The van der Waals surface area contributed by atoms with Crippen molar-refractivity contribution in [3.63, 3.8) is 0 Å². The van der Waals surface area contributed by atoms with Crippen LogP contribution < -0.4 is 20.6 Å². The first-order chi connectivity index (χ1) is 12.2. The number of pyridine rings is 2. The van der Waals surface area contributed by atoms with Crippen LogP contribution in [0.25, 0.3) is 0 Å². The summed E-state index contributed by atoms with van der Waals surface area (Å²) in [4.78, 5) is 19.1. The van der Waals surface area contributed by atoms with Gasteiger partial charge in [0.2, 0.25) is 17.5 Å². The number of nitrogens with one attached hydrogen (secondary N) is 4. The first kappa shape index (κ1) is 14.9. The molecule has 124 valence electrons. The molecule has 4 rings (SSSR count). The highest BCUT2D eigenvalue weighted by molar-refractivity contribution is 5.95. The molecule has 9 heteroatoms. The van der Waals surface area contributed by atoms with Crippen molar-refractivity contribution in [2.75, 3.05) is 10.6 Å². The lowest BCUT2D eigenvalue weighted by Crippen LogP contribution is -2.41. The van der Waals surface area contributed by atoms with Gasteiger partial charge in [0, 0.05) is 23.9 Å². The lowest BCUT2D eigenvalue weighted by atomic mass is 9.91. The Morgan fingerprint density at radius 3 is 2.96 bits per heavy atom. The third-order valence-electron chi connectivity index (χ3n) is 4.03. The van der Waals surface area contributed by atoms with Crippen molar-refractivity contribution < 1.29 is 14.8 Å².